The molecule has 3 heterocycles. The molecule has 3 aromatic heterocycles. The average Bonchev–Trinajstić information content (AvgIpc) is 3.78. The van der Waals surface area contributed by atoms with Crippen LogP contribution in [0.3, 0.4) is 0 Å². The zero-order valence-corrected chi connectivity index (χ0v) is 26.9. The van der Waals surface area contributed by atoms with Crippen LogP contribution in [0, 0.1) is 0 Å². The van der Waals surface area contributed by atoms with Gasteiger partial charge in [0.2, 0.25) is 0 Å². The van der Waals surface area contributed by atoms with Crippen LogP contribution in [0.2, 0.25) is 0 Å². The summed E-state index contributed by atoms with van der Waals surface area (Å²) in [6.45, 7) is 0. The van der Waals surface area contributed by atoms with E-state index < -0.39 is 0 Å². The SMILES string of the molecule is c1ccc(-c2cc(-c3cccc(-c4cccc5c4oc4c5ccc5c6cccc(-c7ccccc7)c6oc54)c3)nc(-c3ccccc3)n2)cc1. The van der Waals surface area contributed by atoms with Gasteiger partial charge in [0.05, 0.1) is 11.4 Å². The van der Waals surface area contributed by atoms with Crippen molar-refractivity contribution in [1.82, 2.24) is 9.97 Å². The number of benzene rings is 7. The van der Waals surface area contributed by atoms with E-state index in [-0.39, 0.29) is 0 Å². The van der Waals surface area contributed by atoms with E-state index in [1.165, 1.54) is 0 Å². The van der Waals surface area contributed by atoms with Crippen LogP contribution >= 0.6 is 0 Å². The molecule has 0 aliphatic rings. The highest BCUT2D eigenvalue weighted by molar-refractivity contribution is 6.21. The molecule has 7 aromatic carbocycles. The van der Waals surface area contributed by atoms with Gasteiger partial charge in [0.25, 0.3) is 0 Å². The van der Waals surface area contributed by atoms with Crippen molar-refractivity contribution in [2.75, 3.05) is 0 Å². The summed E-state index contributed by atoms with van der Waals surface area (Å²) in [5.74, 6) is 0.692. The van der Waals surface area contributed by atoms with Gasteiger partial charge in [-0.3, -0.25) is 0 Å². The van der Waals surface area contributed by atoms with Crippen LogP contribution in [0.4, 0.5) is 0 Å². The number of aromatic nitrogens is 2. The molecule has 50 heavy (non-hydrogen) atoms. The third-order valence-electron chi connectivity index (χ3n) is 9.51. The van der Waals surface area contributed by atoms with Crippen LogP contribution < -0.4 is 0 Å². The smallest absolute Gasteiger partial charge is 0.178 e. The summed E-state index contributed by atoms with van der Waals surface area (Å²) in [6.07, 6.45) is 0. The minimum atomic E-state index is 0.692. The molecule has 0 spiro atoms. The summed E-state index contributed by atoms with van der Waals surface area (Å²) in [5.41, 5.74) is 12.2. The summed E-state index contributed by atoms with van der Waals surface area (Å²) in [7, 11) is 0. The molecule has 0 fully saturated rings. The monoisotopic (exact) mass is 640 g/mol. The van der Waals surface area contributed by atoms with Gasteiger partial charge in [-0.15, -0.1) is 0 Å². The molecule has 0 amide bonds. The Balaban J connectivity index is 1.13. The number of hydrogen-bond donors (Lipinski definition) is 0. The standard InChI is InChI=1S/C46H28N2O2/c1-4-13-29(14-5-1)34-21-11-23-36-38-25-26-39-37-24-12-22-35(43(37)50-45(39)44(38)49-42(34)36)32-19-10-20-33(27-32)41-28-40(30-15-6-2-7-16-30)47-46(48-41)31-17-8-3-9-18-31/h1-28H. The van der Waals surface area contributed by atoms with E-state index in [4.69, 9.17) is 18.8 Å². The van der Waals surface area contributed by atoms with Gasteiger partial charge in [-0.1, -0.05) is 146 Å². The van der Waals surface area contributed by atoms with Crippen molar-refractivity contribution in [3.8, 4) is 56.2 Å². The second-order valence-corrected chi connectivity index (χ2v) is 12.5. The van der Waals surface area contributed by atoms with Crippen molar-refractivity contribution in [1.29, 1.82) is 0 Å². The Morgan fingerprint density at radius 1 is 0.300 bits per heavy atom. The van der Waals surface area contributed by atoms with Crippen molar-refractivity contribution in [3.63, 3.8) is 0 Å². The lowest BCUT2D eigenvalue weighted by atomic mass is 9.98. The van der Waals surface area contributed by atoms with Crippen LogP contribution in [0.25, 0.3) is 100 Å². The van der Waals surface area contributed by atoms with E-state index in [9.17, 15) is 0 Å². The molecular weight excluding hydrogens is 613 g/mol. The second-order valence-electron chi connectivity index (χ2n) is 12.5. The predicted octanol–water partition coefficient (Wildman–Crippen LogP) is 12.6. The first kappa shape index (κ1) is 28.3. The lowest BCUT2D eigenvalue weighted by Crippen LogP contribution is -1.96. The fraction of sp³-hybridized carbons (Fsp3) is 0. The lowest BCUT2D eigenvalue weighted by molar-refractivity contribution is 0.634. The molecule has 4 heteroatoms. The molecule has 10 rings (SSSR count). The van der Waals surface area contributed by atoms with E-state index in [0.717, 1.165) is 94.2 Å². The largest absolute Gasteiger partial charge is 0.451 e. The highest BCUT2D eigenvalue weighted by Crippen LogP contribution is 2.43. The highest BCUT2D eigenvalue weighted by Gasteiger charge is 2.20. The molecule has 0 aliphatic heterocycles. The van der Waals surface area contributed by atoms with Crippen molar-refractivity contribution in [2.45, 2.75) is 0 Å². The quantitative estimate of drug-likeness (QED) is 0.188. The summed E-state index contributed by atoms with van der Waals surface area (Å²) in [4.78, 5) is 10.0. The van der Waals surface area contributed by atoms with Gasteiger partial charge in [0.15, 0.2) is 17.0 Å². The zero-order chi connectivity index (χ0) is 33.0. The number of para-hydroxylation sites is 2. The minimum Gasteiger partial charge on any atom is -0.451 e. The fourth-order valence-electron chi connectivity index (χ4n) is 7.10. The number of furan rings is 2. The molecule has 0 saturated heterocycles. The summed E-state index contributed by atoms with van der Waals surface area (Å²) >= 11 is 0. The zero-order valence-electron chi connectivity index (χ0n) is 26.9. The first-order valence-electron chi connectivity index (χ1n) is 16.7. The number of nitrogens with zero attached hydrogens (tertiary/aromatic N) is 2. The maximum atomic E-state index is 6.81. The molecule has 0 N–H and O–H groups in total. The Hall–Kier alpha value is -6.78. The Labute approximate surface area is 287 Å². The van der Waals surface area contributed by atoms with Crippen LogP contribution in [0.5, 0.6) is 0 Å². The number of hydrogen-bond acceptors (Lipinski definition) is 4. The predicted molar refractivity (Wildman–Crippen MR) is 204 cm³/mol. The van der Waals surface area contributed by atoms with Gasteiger partial charge in [0, 0.05) is 49.4 Å². The topological polar surface area (TPSA) is 52.1 Å². The maximum absolute atomic E-state index is 6.81. The van der Waals surface area contributed by atoms with E-state index in [1.54, 1.807) is 0 Å². The van der Waals surface area contributed by atoms with Crippen molar-refractivity contribution in [2.24, 2.45) is 0 Å². The molecule has 4 nitrogen and oxygen atoms in total. The lowest BCUT2D eigenvalue weighted by Gasteiger charge is -2.11. The minimum absolute atomic E-state index is 0.692. The molecule has 0 radical (unpaired) electrons. The summed E-state index contributed by atoms with van der Waals surface area (Å²) in [5, 5.41) is 4.20. The van der Waals surface area contributed by atoms with E-state index in [0.29, 0.717) is 5.82 Å². The van der Waals surface area contributed by atoms with Gasteiger partial charge < -0.3 is 8.83 Å². The number of rotatable bonds is 5. The van der Waals surface area contributed by atoms with Crippen LogP contribution in [0.1, 0.15) is 0 Å². The number of fused-ring (bicyclic) bond motifs is 7. The summed E-state index contributed by atoms with van der Waals surface area (Å²) in [6, 6.07) is 58.4. The summed E-state index contributed by atoms with van der Waals surface area (Å²) < 4.78 is 13.5. The van der Waals surface area contributed by atoms with Crippen molar-refractivity contribution in [3.05, 3.63) is 170 Å². The van der Waals surface area contributed by atoms with Crippen molar-refractivity contribution < 1.29 is 8.83 Å². The molecule has 0 bridgehead atoms. The Morgan fingerprint density at radius 2 is 0.740 bits per heavy atom. The average molecular weight is 641 g/mol. The van der Waals surface area contributed by atoms with E-state index in [1.807, 2.05) is 54.6 Å². The van der Waals surface area contributed by atoms with Crippen LogP contribution in [-0.2, 0) is 0 Å². The van der Waals surface area contributed by atoms with E-state index in [2.05, 4.69) is 115 Å². The second kappa shape index (κ2) is 11.4. The first-order chi connectivity index (χ1) is 24.8. The molecule has 0 saturated carbocycles. The van der Waals surface area contributed by atoms with Crippen LogP contribution in [-0.4, -0.2) is 9.97 Å². The van der Waals surface area contributed by atoms with E-state index >= 15 is 0 Å². The third kappa shape index (κ3) is 4.61. The van der Waals surface area contributed by atoms with Gasteiger partial charge in [-0.25, -0.2) is 9.97 Å². The molecule has 0 aliphatic carbocycles. The molecule has 234 valence electrons. The van der Waals surface area contributed by atoms with Gasteiger partial charge in [0.1, 0.15) is 11.2 Å². The van der Waals surface area contributed by atoms with Crippen molar-refractivity contribution >= 4 is 43.9 Å². The molecule has 10 aromatic rings. The van der Waals surface area contributed by atoms with Gasteiger partial charge in [-0.05, 0) is 35.4 Å². The molecule has 0 atom stereocenters. The van der Waals surface area contributed by atoms with Crippen LogP contribution in [0.15, 0.2) is 179 Å². The normalized spacial score (nSPS) is 11.6. The van der Waals surface area contributed by atoms with Gasteiger partial charge in [-0.2, -0.15) is 0 Å². The first-order valence-corrected chi connectivity index (χ1v) is 16.7. The Bertz CT molecular complexity index is 2800. The van der Waals surface area contributed by atoms with Gasteiger partial charge >= 0.3 is 0 Å². The third-order valence-corrected chi connectivity index (χ3v) is 9.51. The maximum Gasteiger partial charge on any atom is 0.178 e. The molecular formula is C46H28N2O2. The molecule has 0 unspecified atom stereocenters. The Kier molecular flexibility index (Phi) is 6.46. The Morgan fingerprint density at radius 3 is 1.34 bits per heavy atom. The highest BCUT2D eigenvalue weighted by atomic mass is 16.4. The fourth-order valence-corrected chi connectivity index (χ4v) is 7.10.